The van der Waals surface area contributed by atoms with Crippen LogP contribution in [0.2, 0.25) is 0 Å². The predicted molar refractivity (Wildman–Crippen MR) is 99.9 cm³/mol. The van der Waals surface area contributed by atoms with Gasteiger partial charge in [0.25, 0.3) is 0 Å². The Bertz CT molecular complexity index is 742. The summed E-state index contributed by atoms with van der Waals surface area (Å²) in [6, 6.07) is 17.9. The van der Waals surface area contributed by atoms with Crippen molar-refractivity contribution < 1.29 is 9.18 Å². The first-order valence-electron chi connectivity index (χ1n) is 9.53. The fourth-order valence-electron chi connectivity index (χ4n) is 3.86. The lowest BCUT2D eigenvalue weighted by atomic mass is 9.88. The number of nitrogens with zero attached hydrogens (tertiary/aromatic N) is 1. The molecule has 0 radical (unpaired) electrons. The van der Waals surface area contributed by atoms with Gasteiger partial charge in [0, 0.05) is 25.2 Å². The van der Waals surface area contributed by atoms with Crippen LogP contribution in [0, 0.1) is 11.7 Å². The first-order valence-corrected chi connectivity index (χ1v) is 9.53. The van der Waals surface area contributed by atoms with Gasteiger partial charge in [-0.3, -0.25) is 9.69 Å². The third kappa shape index (κ3) is 4.13. The zero-order chi connectivity index (χ0) is 17.9. The molecule has 2 aromatic carbocycles. The van der Waals surface area contributed by atoms with E-state index in [0.717, 1.165) is 44.3 Å². The molecule has 1 heterocycles. The number of carbonyl (C=O) groups excluding carboxylic acids is 1. The molecule has 1 aliphatic heterocycles. The second-order valence-electron chi connectivity index (χ2n) is 7.54. The summed E-state index contributed by atoms with van der Waals surface area (Å²) in [6.07, 6.45) is 4.11. The monoisotopic (exact) mass is 352 g/mol. The Morgan fingerprint density at radius 1 is 1.00 bits per heavy atom. The van der Waals surface area contributed by atoms with Gasteiger partial charge in [-0.2, -0.15) is 0 Å². The summed E-state index contributed by atoms with van der Waals surface area (Å²) in [6.45, 7) is 1.47. The van der Waals surface area contributed by atoms with Gasteiger partial charge in [-0.15, -0.1) is 0 Å². The topological polar surface area (TPSA) is 32.3 Å². The molecule has 4 heteroatoms. The zero-order valence-corrected chi connectivity index (χ0v) is 14.9. The number of piperidine rings is 1. The standard InChI is InChI=1S/C22H25FN2O/c23-19-9-6-16(7-10-19)14-25-15-18(22(26)24-20-11-12-20)8-13-21(25)17-4-2-1-3-5-17/h1-7,9-10,18,20-21H,8,11-15H2,(H,24,26)/t18-,21+/m0/s1. The highest BCUT2D eigenvalue weighted by molar-refractivity contribution is 5.79. The van der Waals surface area contributed by atoms with Crippen LogP contribution < -0.4 is 5.32 Å². The summed E-state index contributed by atoms with van der Waals surface area (Å²) in [7, 11) is 0. The fraction of sp³-hybridized carbons (Fsp3) is 0.409. The number of hydrogen-bond donors (Lipinski definition) is 1. The van der Waals surface area contributed by atoms with Crippen molar-refractivity contribution in [1.29, 1.82) is 0 Å². The maximum absolute atomic E-state index is 13.2. The molecule has 0 unspecified atom stereocenters. The van der Waals surface area contributed by atoms with Crippen LogP contribution in [0.25, 0.3) is 0 Å². The van der Waals surface area contributed by atoms with Gasteiger partial charge in [0.05, 0.1) is 5.92 Å². The Kier molecular flexibility index (Phi) is 5.02. The van der Waals surface area contributed by atoms with E-state index in [4.69, 9.17) is 0 Å². The average Bonchev–Trinajstić information content (AvgIpc) is 3.48. The number of likely N-dealkylation sites (tertiary alicyclic amines) is 1. The summed E-state index contributed by atoms with van der Waals surface area (Å²) in [5.41, 5.74) is 2.37. The summed E-state index contributed by atoms with van der Waals surface area (Å²) < 4.78 is 13.2. The van der Waals surface area contributed by atoms with Crippen molar-refractivity contribution in [2.75, 3.05) is 6.54 Å². The second kappa shape index (κ2) is 7.58. The van der Waals surface area contributed by atoms with Crippen molar-refractivity contribution in [2.45, 2.75) is 44.3 Å². The van der Waals surface area contributed by atoms with Crippen LogP contribution in [-0.4, -0.2) is 23.4 Å². The molecular formula is C22H25FN2O. The largest absolute Gasteiger partial charge is 0.353 e. The molecule has 1 N–H and O–H groups in total. The molecule has 2 aromatic rings. The van der Waals surface area contributed by atoms with Gasteiger partial charge in [-0.1, -0.05) is 42.5 Å². The van der Waals surface area contributed by atoms with Crippen molar-refractivity contribution in [3.63, 3.8) is 0 Å². The Morgan fingerprint density at radius 3 is 2.42 bits per heavy atom. The Hall–Kier alpha value is -2.20. The molecule has 1 saturated heterocycles. The summed E-state index contributed by atoms with van der Waals surface area (Å²) in [5, 5.41) is 3.15. The Morgan fingerprint density at radius 2 is 1.73 bits per heavy atom. The highest BCUT2D eigenvalue weighted by atomic mass is 19.1. The lowest BCUT2D eigenvalue weighted by Gasteiger charge is -2.39. The molecule has 1 amide bonds. The maximum Gasteiger partial charge on any atom is 0.224 e. The van der Waals surface area contributed by atoms with Gasteiger partial charge in [-0.05, 0) is 48.9 Å². The van der Waals surface area contributed by atoms with Gasteiger partial charge < -0.3 is 5.32 Å². The molecule has 1 saturated carbocycles. The predicted octanol–water partition coefficient (Wildman–Crippen LogP) is 4.06. The normalized spacial score (nSPS) is 23.6. The SMILES string of the molecule is O=C(NC1CC1)[C@H]1CC[C@H](c2ccccc2)N(Cc2ccc(F)cc2)C1. The Labute approximate surface area is 154 Å². The first kappa shape index (κ1) is 17.2. The van der Waals surface area contributed by atoms with Crippen LogP contribution in [0.5, 0.6) is 0 Å². The van der Waals surface area contributed by atoms with Gasteiger partial charge in [-0.25, -0.2) is 4.39 Å². The van der Waals surface area contributed by atoms with Gasteiger partial charge in [0.1, 0.15) is 5.82 Å². The van der Waals surface area contributed by atoms with Crippen LogP contribution in [0.3, 0.4) is 0 Å². The third-order valence-electron chi connectivity index (χ3n) is 5.46. The van der Waals surface area contributed by atoms with E-state index in [0.29, 0.717) is 12.1 Å². The molecule has 0 aromatic heterocycles. The molecule has 2 aliphatic rings. The number of halogens is 1. The molecular weight excluding hydrogens is 327 g/mol. The van der Waals surface area contributed by atoms with Gasteiger partial charge in [0.2, 0.25) is 5.91 Å². The summed E-state index contributed by atoms with van der Waals surface area (Å²) in [4.78, 5) is 14.9. The number of benzene rings is 2. The van der Waals surface area contributed by atoms with Crippen LogP contribution in [0.4, 0.5) is 4.39 Å². The van der Waals surface area contributed by atoms with E-state index in [-0.39, 0.29) is 17.6 Å². The smallest absolute Gasteiger partial charge is 0.224 e. The molecule has 3 nitrogen and oxygen atoms in total. The third-order valence-corrected chi connectivity index (χ3v) is 5.46. The Balaban J connectivity index is 1.52. The van der Waals surface area contributed by atoms with E-state index in [1.165, 1.54) is 17.7 Å². The quantitative estimate of drug-likeness (QED) is 0.880. The number of amides is 1. The number of nitrogens with one attached hydrogen (secondary N) is 1. The minimum atomic E-state index is -0.214. The highest BCUT2D eigenvalue weighted by Gasteiger charge is 2.34. The van der Waals surface area contributed by atoms with E-state index < -0.39 is 0 Å². The zero-order valence-electron chi connectivity index (χ0n) is 14.9. The van der Waals surface area contributed by atoms with Crippen molar-refractivity contribution >= 4 is 5.91 Å². The number of rotatable bonds is 5. The van der Waals surface area contributed by atoms with E-state index >= 15 is 0 Å². The van der Waals surface area contributed by atoms with Crippen LogP contribution in [-0.2, 0) is 11.3 Å². The molecule has 2 fully saturated rings. The van der Waals surface area contributed by atoms with E-state index in [1.807, 2.05) is 18.2 Å². The minimum absolute atomic E-state index is 0.0380. The van der Waals surface area contributed by atoms with Gasteiger partial charge >= 0.3 is 0 Å². The van der Waals surface area contributed by atoms with E-state index in [9.17, 15) is 9.18 Å². The maximum atomic E-state index is 13.2. The van der Waals surface area contributed by atoms with Crippen LogP contribution in [0.1, 0.15) is 42.9 Å². The van der Waals surface area contributed by atoms with Crippen molar-refractivity contribution in [1.82, 2.24) is 10.2 Å². The minimum Gasteiger partial charge on any atom is -0.353 e. The number of hydrogen-bond acceptors (Lipinski definition) is 2. The molecule has 136 valence electrons. The van der Waals surface area contributed by atoms with Crippen molar-refractivity contribution in [3.05, 3.63) is 71.5 Å². The summed E-state index contributed by atoms with van der Waals surface area (Å²) >= 11 is 0. The average molecular weight is 352 g/mol. The second-order valence-corrected chi connectivity index (χ2v) is 7.54. The molecule has 2 atom stereocenters. The lowest BCUT2D eigenvalue weighted by Crippen LogP contribution is -2.44. The number of carbonyl (C=O) groups is 1. The fourth-order valence-corrected chi connectivity index (χ4v) is 3.86. The van der Waals surface area contributed by atoms with Crippen molar-refractivity contribution in [3.8, 4) is 0 Å². The van der Waals surface area contributed by atoms with Crippen LogP contribution in [0.15, 0.2) is 54.6 Å². The highest BCUT2D eigenvalue weighted by Crippen LogP contribution is 2.35. The first-order chi connectivity index (χ1) is 12.7. The van der Waals surface area contributed by atoms with Crippen molar-refractivity contribution in [2.24, 2.45) is 5.92 Å². The molecule has 0 spiro atoms. The van der Waals surface area contributed by atoms with Gasteiger partial charge in [0.15, 0.2) is 0 Å². The van der Waals surface area contributed by atoms with E-state index in [1.54, 1.807) is 0 Å². The molecule has 0 bridgehead atoms. The summed E-state index contributed by atoms with van der Waals surface area (Å²) in [5.74, 6) is 0.0211. The lowest BCUT2D eigenvalue weighted by molar-refractivity contribution is -0.127. The van der Waals surface area contributed by atoms with Crippen LogP contribution >= 0.6 is 0 Å². The molecule has 4 rings (SSSR count). The molecule has 1 aliphatic carbocycles. The molecule has 26 heavy (non-hydrogen) atoms. The van der Waals surface area contributed by atoms with E-state index in [2.05, 4.69) is 34.5 Å².